The fourth-order valence-corrected chi connectivity index (χ4v) is 3.27. The molecule has 1 aliphatic heterocycles. The second kappa shape index (κ2) is 11.5. The molecule has 10 nitrogen and oxygen atoms in total. The van der Waals surface area contributed by atoms with Gasteiger partial charge in [-0.2, -0.15) is 5.26 Å². The van der Waals surface area contributed by atoms with Crippen molar-refractivity contribution in [1.82, 2.24) is 5.43 Å². The van der Waals surface area contributed by atoms with Gasteiger partial charge in [0.2, 0.25) is 11.8 Å². The molecule has 10 heteroatoms. The zero-order chi connectivity index (χ0) is 24.5. The Morgan fingerprint density at radius 2 is 1.79 bits per heavy atom. The molecule has 0 bridgehead atoms. The van der Waals surface area contributed by atoms with Crippen molar-refractivity contribution in [3.63, 3.8) is 0 Å². The first-order chi connectivity index (χ1) is 16.4. The van der Waals surface area contributed by atoms with Gasteiger partial charge in [-0.1, -0.05) is 0 Å². The summed E-state index contributed by atoms with van der Waals surface area (Å²) in [6.07, 6.45) is 0.352. The Kier molecular flexibility index (Phi) is 8.18. The molecule has 2 aromatic rings. The average Bonchev–Trinajstić information content (AvgIpc) is 2.85. The van der Waals surface area contributed by atoms with Crippen LogP contribution in [-0.4, -0.2) is 43.4 Å². The van der Waals surface area contributed by atoms with Crippen LogP contribution in [0.3, 0.4) is 0 Å². The van der Waals surface area contributed by atoms with Crippen molar-refractivity contribution in [3.8, 4) is 11.8 Å². The normalized spacial score (nSPS) is 13.0. The number of rotatable bonds is 9. The van der Waals surface area contributed by atoms with E-state index in [-0.39, 0.29) is 43.2 Å². The van der Waals surface area contributed by atoms with E-state index in [4.69, 9.17) is 14.7 Å². The zero-order valence-corrected chi connectivity index (χ0v) is 18.7. The smallest absolute Gasteiger partial charge is 0.338 e. The van der Waals surface area contributed by atoms with Crippen LogP contribution in [0.1, 0.15) is 36.5 Å². The van der Waals surface area contributed by atoms with E-state index in [1.54, 1.807) is 24.3 Å². The molecule has 0 spiro atoms. The highest BCUT2D eigenvalue weighted by molar-refractivity contribution is 6.01. The predicted octanol–water partition coefficient (Wildman–Crippen LogP) is 2.35. The lowest BCUT2D eigenvalue weighted by Gasteiger charge is -2.27. The van der Waals surface area contributed by atoms with E-state index in [2.05, 4.69) is 5.43 Å². The van der Waals surface area contributed by atoms with Crippen LogP contribution in [0.4, 0.5) is 11.4 Å². The van der Waals surface area contributed by atoms with Crippen LogP contribution in [0.15, 0.2) is 48.5 Å². The molecule has 0 atom stereocenters. The summed E-state index contributed by atoms with van der Waals surface area (Å²) in [6, 6.07) is 14.7. The molecule has 0 aliphatic carbocycles. The molecule has 0 radical (unpaired) electrons. The van der Waals surface area contributed by atoms with Gasteiger partial charge in [-0.15, -0.1) is 0 Å². The highest BCUT2D eigenvalue weighted by Gasteiger charge is 2.24. The summed E-state index contributed by atoms with van der Waals surface area (Å²) in [6.45, 7) is 2.00. The number of hydrazine groups is 1. The average molecular weight is 464 g/mol. The molecule has 0 saturated carbocycles. The predicted molar refractivity (Wildman–Crippen MR) is 122 cm³/mol. The van der Waals surface area contributed by atoms with Crippen molar-refractivity contribution in [3.05, 3.63) is 54.1 Å². The Morgan fingerprint density at radius 1 is 1.09 bits per heavy atom. The SMILES string of the molecule is CCOc1ccc(N(CCC#N)C(=O)COC(=O)c2ccc(N3NC(=O)CCC3=O)cc2)cc1. The number of carbonyl (C=O) groups excluding carboxylic acids is 4. The van der Waals surface area contributed by atoms with Gasteiger partial charge in [0.1, 0.15) is 5.75 Å². The lowest BCUT2D eigenvalue weighted by molar-refractivity contribution is -0.130. The van der Waals surface area contributed by atoms with Crippen molar-refractivity contribution in [2.75, 3.05) is 29.7 Å². The van der Waals surface area contributed by atoms with Gasteiger partial charge in [-0.25, -0.2) is 9.80 Å². The van der Waals surface area contributed by atoms with Crippen molar-refractivity contribution in [2.24, 2.45) is 0 Å². The number of ether oxygens (including phenoxy) is 2. The molecule has 3 amide bonds. The minimum atomic E-state index is -0.721. The molecule has 0 unspecified atom stereocenters. The van der Waals surface area contributed by atoms with Crippen LogP contribution < -0.4 is 20.1 Å². The topological polar surface area (TPSA) is 129 Å². The standard InChI is InChI=1S/C24H24N4O6/c1-2-33-20-10-8-18(9-11-20)27(15-3-14-25)23(31)16-34-24(32)17-4-6-19(7-5-17)28-22(30)13-12-21(29)26-28/h4-11H,2-3,12-13,15-16H2,1H3,(H,26,29). The maximum absolute atomic E-state index is 12.7. The quantitative estimate of drug-likeness (QED) is 0.564. The Morgan fingerprint density at radius 3 is 2.44 bits per heavy atom. The van der Waals surface area contributed by atoms with E-state index in [0.29, 0.717) is 23.7 Å². The Labute approximate surface area is 196 Å². The van der Waals surface area contributed by atoms with E-state index < -0.39 is 18.5 Å². The lowest BCUT2D eigenvalue weighted by atomic mass is 10.2. The first-order valence-electron chi connectivity index (χ1n) is 10.7. The molecule has 1 saturated heterocycles. The molecular weight excluding hydrogens is 440 g/mol. The number of esters is 1. The molecule has 2 aromatic carbocycles. The third-order valence-corrected chi connectivity index (χ3v) is 4.95. The summed E-state index contributed by atoms with van der Waals surface area (Å²) in [5, 5.41) is 10.1. The van der Waals surface area contributed by atoms with E-state index in [9.17, 15) is 19.2 Å². The van der Waals surface area contributed by atoms with Gasteiger partial charge in [-0.3, -0.25) is 19.8 Å². The van der Waals surface area contributed by atoms with Crippen LogP contribution in [0.25, 0.3) is 0 Å². The van der Waals surface area contributed by atoms with E-state index in [1.807, 2.05) is 13.0 Å². The summed E-state index contributed by atoms with van der Waals surface area (Å²) < 4.78 is 10.6. The third kappa shape index (κ3) is 6.10. The molecule has 3 rings (SSSR count). The second-order valence-electron chi connectivity index (χ2n) is 7.27. The molecule has 1 aliphatic rings. The van der Waals surface area contributed by atoms with E-state index >= 15 is 0 Å². The Hall–Kier alpha value is -4.39. The minimum absolute atomic E-state index is 0.106. The minimum Gasteiger partial charge on any atom is -0.494 e. The lowest BCUT2D eigenvalue weighted by Crippen LogP contribution is -2.50. The third-order valence-electron chi connectivity index (χ3n) is 4.95. The number of nitriles is 1. The fourth-order valence-electron chi connectivity index (χ4n) is 3.27. The van der Waals surface area contributed by atoms with Crippen LogP contribution in [0.2, 0.25) is 0 Å². The highest BCUT2D eigenvalue weighted by atomic mass is 16.5. The van der Waals surface area contributed by atoms with Crippen LogP contribution in [0.5, 0.6) is 5.75 Å². The number of hydrogen-bond acceptors (Lipinski definition) is 7. The van der Waals surface area contributed by atoms with Gasteiger partial charge in [-0.05, 0) is 55.5 Å². The molecule has 34 heavy (non-hydrogen) atoms. The number of hydrogen-bond donors (Lipinski definition) is 1. The zero-order valence-electron chi connectivity index (χ0n) is 18.7. The number of amides is 3. The van der Waals surface area contributed by atoms with Crippen LogP contribution in [0, 0.1) is 11.3 Å². The van der Waals surface area contributed by atoms with Gasteiger partial charge in [0.25, 0.3) is 5.91 Å². The van der Waals surface area contributed by atoms with Crippen molar-refractivity contribution < 1.29 is 28.7 Å². The van der Waals surface area contributed by atoms with E-state index in [1.165, 1.54) is 29.2 Å². The van der Waals surface area contributed by atoms with Gasteiger partial charge in [0, 0.05) is 25.1 Å². The van der Waals surface area contributed by atoms with Crippen LogP contribution in [-0.2, 0) is 19.1 Å². The summed E-state index contributed by atoms with van der Waals surface area (Å²) in [5.41, 5.74) is 3.61. The first kappa shape index (κ1) is 24.3. The number of nitrogens with zero attached hydrogens (tertiary/aromatic N) is 3. The molecule has 1 N–H and O–H groups in total. The highest BCUT2D eigenvalue weighted by Crippen LogP contribution is 2.21. The maximum atomic E-state index is 12.7. The fraction of sp³-hybridized carbons (Fsp3) is 0.292. The molecule has 0 aromatic heterocycles. The molecule has 1 fully saturated rings. The second-order valence-corrected chi connectivity index (χ2v) is 7.27. The summed E-state index contributed by atoms with van der Waals surface area (Å²) in [5.74, 6) is -1.08. The Bertz CT molecular complexity index is 1090. The largest absolute Gasteiger partial charge is 0.494 e. The monoisotopic (exact) mass is 464 g/mol. The molecule has 176 valence electrons. The van der Waals surface area contributed by atoms with Gasteiger partial charge >= 0.3 is 5.97 Å². The number of anilines is 2. The summed E-state index contributed by atoms with van der Waals surface area (Å²) in [7, 11) is 0. The van der Waals surface area contributed by atoms with Gasteiger partial charge < -0.3 is 14.4 Å². The van der Waals surface area contributed by atoms with Crippen molar-refractivity contribution >= 4 is 35.1 Å². The van der Waals surface area contributed by atoms with Crippen molar-refractivity contribution in [1.29, 1.82) is 5.26 Å². The van der Waals surface area contributed by atoms with Gasteiger partial charge in [0.05, 0.1) is 30.3 Å². The number of benzene rings is 2. The number of nitrogens with one attached hydrogen (secondary N) is 1. The summed E-state index contributed by atoms with van der Waals surface area (Å²) in [4.78, 5) is 50.1. The van der Waals surface area contributed by atoms with Gasteiger partial charge in [0.15, 0.2) is 6.61 Å². The first-order valence-corrected chi connectivity index (χ1v) is 10.7. The summed E-state index contributed by atoms with van der Waals surface area (Å²) >= 11 is 0. The van der Waals surface area contributed by atoms with Crippen molar-refractivity contribution in [2.45, 2.75) is 26.2 Å². The molecular formula is C24H24N4O6. The Balaban J connectivity index is 1.62. The van der Waals surface area contributed by atoms with Crippen LogP contribution >= 0.6 is 0 Å². The molecule has 1 heterocycles. The number of carbonyl (C=O) groups is 4. The van der Waals surface area contributed by atoms with E-state index in [0.717, 1.165) is 5.01 Å². The maximum Gasteiger partial charge on any atom is 0.338 e.